The summed E-state index contributed by atoms with van der Waals surface area (Å²) in [7, 11) is -13.7. The summed E-state index contributed by atoms with van der Waals surface area (Å²) >= 11 is 0. The molecule has 0 spiro atoms. The van der Waals surface area contributed by atoms with Crippen LogP contribution in [0.4, 0.5) is 5.69 Å². The number of hydrogen-bond acceptors (Lipinski definition) is 9. The molecule has 4 N–H and O–H groups in total. The minimum Gasteiger partial charge on any atom is -0.744 e. The molecule has 1 atom stereocenters. The Balaban J connectivity index is 1.50. The number of benzene rings is 4. The van der Waals surface area contributed by atoms with Gasteiger partial charge in [-0.3, -0.25) is 9.11 Å². The minimum atomic E-state index is -4.76. The van der Waals surface area contributed by atoms with E-state index in [-0.39, 0.29) is 15.8 Å². The summed E-state index contributed by atoms with van der Waals surface area (Å²) in [5.74, 6) is -0.603. The second-order valence-corrected chi connectivity index (χ2v) is 16.4. The summed E-state index contributed by atoms with van der Waals surface area (Å²) < 4.78 is 102. The smallest absolute Gasteiger partial charge is 0.298 e. The Bertz CT molecular complexity index is 2370. The third kappa shape index (κ3) is 9.24. The number of rotatable bonds is 13. The van der Waals surface area contributed by atoms with Crippen LogP contribution in [-0.2, 0) is 43.4 Å². The molecule has 15 heteroatoms. The average Bonchev–Trinajstić information content (AvgIpc) is 3.10. The highest BCUT2D eigenvalue weighted by Gasteiger charge is 2.23. The molecule has 1 unspecified atom stereocenters. The lowest BCUT2D eigenvalue weighted by Crippen LogP contribution is -3.13. The number of phenolic OH excluding ortho intramolecular Hbond substituents is 1. The number of hydrogen-bond donors (Lipinski definition) is 4. The zero-order chi connectivity index (χ0) is 37.8. The largest absolute Gasteiger partial charge is 0.744 e. The molecule has 12 nitrogen and oxygen atoms in total. The van der Waals surface area contributed by atoms with Gasteiger partial charge in [0.2, 0.25) is 0 Å². The van der Waals surface area contributed by atoms with Gasteiger partial charge in [0.25, 0.3) is 20.2 Å². The van der Waals surface area contributed by atoms with E-state index >= 15 is 0 Å². The van der Waals surface area contributed by atoms with Gasteiger partial charge in [-0.2, -0.15) is 16.8 Å². The van der Waals surface area contributed by atoms with Crippen molar-refractivity contribution in [2.75, 3.05) is 18.0 Å². The van der Waals surface area contributed by atoms with Crippen LogP contribution in [0.1, 0.15) is 36.1 Å². The van der Waals surface area contributed by atoms with Crippen LogP contribution in [-0.4, -0.2) is 63.1 Å². The Kier molecular flexibility index (Phi) is 11.6. The summed E-state index contributed by atoms with van der Waals surface area (Å²) in [6, 6.07) is 23.3. The molecule has 0 aromatic heterocycles. The molecule has 1 aliphatic carbocycles. The van der Waals surface area contributed by atoms with Crippen LogP contribution in [0, 0.1) is 0 Å². The fourth-order valence-electron chi connectivity index (χ4n) is 6.15. The Hall–Kier alpha value is -4.61. The monoisotopic (exact) mass is 766 g/mol. The molecule has 1 aliphatic rings. The maximum absolute atomic E-state index is 12.1. The normalized spacial score (nSPS) is 15.4. The molecule has 0 radical (unpaired) electrons. The Labute approximate surface area is 303 Å². The van der Waals surface area contributed by atoms with E-state index in [1.807, 2.05) is 67.3 Å². The van der Waals surface area contributed by atoms with E-state index in [0.29, 0.717) is 59.6 Å². The van der Waals surface area contributed by atoms with Crippen LogP contribution in [0.15, 0.2) is 136 Å². The van der Waals surface area contributed by atoms with Crippen LogP contribution in [0.2, 0.25) is 0 Å². The first kappa shape index (κ1) is 38.6. The molecule has 0 saturated carbocycles. The zero-order valence-electron chi connectivity index (χ0n) is 28.2. The lowest BCUT2D eigenvalue weighted by atomic mass is 9.90. The second-order valence-electron chi connectivity index (χ2n) is 12.2. The number of aromatic hydroxyl groups is 1. The number of allylic oxidation sites excluding steroid dienone is 3. The van der Waals surface area contributed by atoms with E-state index in [1.165, 1.54) is 42.5 Å². The van der Waals surface area contributed by atoms with Crippen molar-refractivity contribution in [2.24, 2.45) is 0 Å². The Morgan fingerprint density at radius 3 is 1.92 bits per heavy atom. The molecule has 0 bridgehead atoms. The third-order valence-electron chi connectivity index (χ3n) is 8.80. The first-order chi connectivity index (χ1) is 24.5. The summed E-state index contributed by atoms with van der Waals surface area (Å²) in [4.78, 5) is 1.94. The van der Waals surface area contributed by atoms with Gasteiger partial charge in [0.1, 0.15) is 33.3 Å². The Morgan fingerprint density at radius 1 is 0.750 bits per heavy atom. The molecule has 0 amide bonds. The van der Waals surface area contributed by atoms with E-state index in [2.05, 4.69) is 0 Å². The Morgan fingerprint density at radius 2 is 1.35 bits per heavy atom. The summed E-state index contributed by atoms with van der Waals surface area (Å²) in [5, 5.41) is 10.3. The van der Waals surface area contributed by atoms with Crippen molar-refractivity contribution in [3.8, 4) is 5.75 Å². The predicted molar refractivity (Wildman–Crippen MR) is 195 cm³/mol. The van der Waals surface area contributed by atoms with Crippen LogP contribution >= 0.6 is 0 Å². The van der Waals surface area contributed by atoms with E-state index in [9.17, 15) is 44.0 Å². The van der Waals surface area contributed by atoms with E-state index in [1.54, 1.807) is 24.3 Å². The fourth-order valence-corrected chi connectivity index (χ4v) is 7.85. The van der Waals surface area contributed by atoms with Crippen molar-refractivity contribution in [1.82, 2.24) is 0 Å². The average molecular weight is 767 g/mol. The van der Waals surface area contributed by atoms with Crippen molar-refractivity contribution in [3.63, 3.8) is 0 Å². The number of nitrogens with one attached hydrogen (secondary N) is 1. The molecule has 4 aromatic rings. The van der Waals surface area contributed by atoms with E-state index < -0.39 is 41.0 Å². The maximum Gasteiger partial charge on any atom is 0.298 e. The summed E-state index contributed by atoms with van der Waals surface area (Å²) in [5.41, 5.74) is 4.58. The third-order valence-corrected chi connectivity index (χ3v) is 11.4. The number of phenols is 1. The first-order valence-corrected chi connectivity index (χ1v) is 20.5. The lowest BCUT2D eigenvalue weighted by Gasteiger charge is -2.26. The van der Waals surface area contributed by atoms with Gasteiger partial charge < -0.3 is 19.5 Å². The van der Waals surface area contributed by atoms with Crippen LogP contribution in [0.5, 0.6) is 5.75 Å². The molecule has 5 rings (SSSR count). The van der Waals surface area contributed by atoms with Crippen molar-refractivity contribution in [2.45, 2.75) is 47.7 Å². The topological polar surface area (TPSA) is 194 Å². The standard InChI is InChI=1S/C37H38N2O10S3/c1-3-38(24-26-7-5-9-33(21-26)50(41,42)43)31-16-11-28(12-17-31)37(30-15-20-35(40)36(23-30)52(47,48)49)29-13-18-32(19-14-29)39(4-2)25-27-8-6-10-34(22-27)51(44,45)46/h5-23,31,40H,3-4,24-25H2,1-2H3,(H,41,42,43)(H,44,45,46)(H,47,48,49). The zero-order valence-corrected chi connectivity index (χ0v) is 30.7. The van der Waals surface area contributed by atoms with Gasteiger partial charge >= 0.3 is 0 Å². The van der Waals surface area contributed by atoms with Crippen molar-refractivity contribution in [1.29, 1.82) is 0 Å². The van der Waals surface area contributed by atoms with Gasteiger partial charge in [-0.25, -0.2) is 8.42 Å². The molecule has 0 fully saturated rings. The van der Waals surface area contributed by atoms with Crippen molar-refractivity contribution >= 4 is 41.6 Å². The molecule has 0 aliphatic heterocycles. The summed E-state index contributed by atoms with van der Waals surface area (Å²) in [6.07, 6.45) is 7.73. The highest BCUT2D eigenvalue weighted by Crippen LogP contribution is 2.35. The highest BCUT2D eigenvalue weighted by molar-refractivity contribution is 7.86. The molecule has 0 heterocycles. The first-order valence-electron chi connectivity index (χ1n) is 16.2. The number of anilines is 1. The van der Waals surface area contributed by atoms with Crippen LogP contribution in [0.3, 0.4) is 0 Å². The molecule has 0 saturated heterocycles. The van der Waals surface area contributed by atoms with Gasteiger partial charge in [-0.15, -0.1) is 0 Å². The molecule has 274 valence electrons. The molecule has 52 heavy (non-hydrogen) atoms. The van der Waals surface area contributed by atoms with E-state index in [0.717, 1.165) is 10.6 Å². The molecule has 4 aromatic carbocycles. The van der Waals surface area contributed by atoms with Crippen LogP contribution in [0.25, 0.3) is 5.57 Å². The van der Waals surface area contributed by atoms with Crippen LogP contribution < -0.4 is 9.80 Å². The van der Waals surface area contributed by atoms with Gasteiger partial charge in [-0.05, 0) is 102 Å². The van der Waals surface area contributed by atoms with Gasteiger partial charge in [-0.1, -0.05) is 54.6 Å². The second kappa shape index (κ2) is 15.6. The van der Waals surface area contributed by atoms with Gasteiger partial charge in [0.05, 0.1) is 16.3 Å². The molecular formula is C37H38N2O10S3. The lowest BCUT2D eigenvalue weighted by molar-refractivity contribution is -0.924. The van der Waals surface area contributed by atoms with Gasteiger partial charge in [0, 0.05) is 24.3 Å². The molecular weight excluding hydrogens is 729 g/mol. The van der Waals surface area contributed by atoms with Crippen molar-refractivity contribution in [3.05, 3.63) is 143 Å². The summed E-state index contributed by atoms with van der Waals surface area (Å²) in [6.45, 7) is 5.96. The van der Waals surface area contributed by atoms with Gasteiger partial charge in [0.15, 0.2) is 0 Å². The fraction of sp³-hybridized carbons (Fsp3) is 0.189. The highest BCUT2D eigenvalue weighted by atomic mass is 32.2. The number of quaternary nitrogens is 1. The van der Waals surface area contributed by atoms with Crippen molar-refractivity contribution < 1.29 is 48.9 Å². The SMILES string of the molecule is CCN(Cc1cccc(S(=O)(=O)O)c1)c1ccc(C(=C2C=CC([NH+](CC)Cc3cccc(S(=O)(=O)[O-])c3)C=C2)c2ccc(O)c(S(=O)(=O)O)c2)cc1. The minimum absolute atomic E-state index is 0.129. The maximum atomic E-state index is 12.1. The quantitative estimate of drug-likeness (QED) is 0.142. The number of nitrogens with zero attached hydrogens (tertiary/aromatic N) is 1. The predicted octanol–water partition coefficient (Wildman–Crippen LogP) is 4.22. The van der Waals surface area contributed by atoms with E-state index in [4.69, 9.17) is 0 Å². The number of likely N-dealkylation sites (N-methyl/N-ethyl adjacent to an activating group) is 1.